The van der Waals surface area contributed by atoms with Gasteiger partial charge in [-0.1, -0.05) is 42.6 Å². The smallest absolute Gasteiger partial charge is 0.0646 e. The van der Waals surface area contributed by atoms with Crippen molar-refractivity contribution < 1.29 is 0 Å². The molecule has 2 N–H and O–H groups in total. The molecule has 1 unspecified atom stereocenters. The molecule has 0 spiro atoms. The fraction of sp³-hybridized carbons (Fsp3) is 0.471. The van der Waals surface area contributed by atoms with Gasteiger partial charge in [0.25, 0.3) is 0 Å². The van der Waals surface area contributed by atoms with Crippen molar-refractivity contribution >= 4 is 11.6 Å². The zero-order chi connectivity index (χ0) is 14.9. The lowest BCUT2D eigenvalue weighted by molar-refractivity contribution is 0.445. The second-order valence-corrected chi connectivity index (χ2v) is 6.71. The lowest BCUT2D eigenvalue weighted by Gasteiger charge is -2.25. The molecule has 1 aromatic carbocycles. The van der Waals surface area contributed by atoms with Crippen molar-refractivity contribution in [1.29, 1.82) is 0 Å². The molecular weight excluding hydrogens is 282 g/mol. The molecule has 0 aliphatic heterocycles. The van der Waals surface area contributed by atoms with Gasteiger partial charge in [0.05, 0.1) is 11.7 Å². The van der Waals surface area contributed by atoms with Crippen LogP contribution in [0.25, 0.3) is 0 Å². The number of rotatable bonds is 4. The van der Waals surface area contributed by atoms with Gasteiger partial charge in [0, 0.05) is 23.2 Å². The highest BCUT2D eigenvalue weighted by atomic mass is 35.5. The Morgan fingerprint density at radius 2 is 2.00 bits per heavy atom. The van der Waals surface area contributed by atoms with Gasteiger partial charge in [-0.3, -0.25) is 4.68 Å². The Morgan fingerprint density at radius 1 is 1.29 bits per heavy atom. The molecule has 0 radical (unpaired) electrons. The molecule has 1 saturated carbocycles. The Kier molecular flexibility index (Phi) is 4.05. The van der Waals surface area contributed by atoms with Gasteiger partial charge >= 0.3 is 0 Å². The summed E-state index contributed by atoms with van der Waals surface area (Å²) in [7, 11) is 0. The van der Waals surface area contributed by atoms with Crippen LogP contribution in [0.2, 0.25) is 5.02 Å². The summed E-state index contributed by atoms with van der Waals surface area (Å²) in [5.41, 5.74) is 8.00. The van der Waals surface area contributed by atoms with E-state index in [0.717, 1.165) is 16.3 Å². The molecule has 112 valence electrons. The Morgan fingerprint density at radius 3 is 2.71 bits per heavy atom. The lowest BCUT2D eigenvalue weighted by atomic mass is 9.88. The minimum Gasteiger partial charge on any atom is -0.321 e. The van der Waals surface area contributed by atoms with Crippen LogP contribution in [-0.4, -0.2) is 9.78 Å². The van der Waals surface area contributed by atoms with E-state index in [1.165, 1.54) is 25.7 Å². The Bertz CT molecular complexity index is 612. The molecule has 21 heavy (non-hydrogen) atoms. The third-order valence-corrected chi connectivity index (χ3v) is 4.73. The van der Waals surface area contributed by atoms with Crippen LogP contribution in [0.3, 0.4) is 0 Å². The van der Waals surface area contributed by atoms with E-state index in [-0.39, 0.29) is 0 Å². The average molecular weight is 304 g/mol. The Hall–Kier alpha value is -1.32. The molecule has 4 heteroatoms. The minimum absolute atomic E-state index is 0.507. The van der Waals surface area contributed by atoms with Crippen LogP contribution >= 0.6 is 11.6 Å². The van der Waals surface area contributed by atoms with Gasteiger partial charge in [0.1, 0.15) is 0 Å². The molecular formula is C17H22ClN3. The first kappa shape index (κ1) is 14.6. The maximum absolute atomic E-state index is 6.50. The number of benzene rings is 1. The van der Waals surface area contributed by atoms with Crippen LogP contribution in [0, 0.1) is 0 Å². The second kappa shape index (κ2) is 5.82. The van der Waals surface area contributed by atoms with Gasteiger partial charge < -0.3 is 5.73 Å². The van der Waals surface area contributed by atoms with Gasteiger partial charge in [-0.15, -0.1) is 0 Å². The Balaban J connectivity index is 1.78. The third-order valence-electron chi connectivity index (χ3n) is 4.40. The van der Waals surface area contributed by atoms with E-state index >= 15 is 0 Å². The number of nitrogens with two attached hydrogens (primary N) is 1. The molecule has 0 amide bonds. The molecule has 0 saturated heterocycles. The van der Waals surface area contributed by atoms with Crippen molar-refractivity contribution in [2.45, 2.75) is 50.6 Å². The van der Waals surface area contributed by atoms with Crippen molar-refractivity contribution in [3.05, 3.63) is 52.8 Å². The van der Waals surface area contributed by atoms with Crippen molar-refractivity contribution in [2.24, 2.45) is 5.73 Å². The van der Waals surface area contributed by atoms with E-state index in [2.05, 4.69) is 16.9 Å². The van der Waals surface area contributed by atoms with Crippen molar-refractivity contribution in [2.75, 3.05) is 0 Å². The molecule has 3 rings (SSSR count). The van der Waals surface area contributed by atoms with Gasteiger partial charge in [0.2, 0.25) is 0 Å². The average Bonchev–Trinajstić information content (AvgIpc) is 3.09. The predicted octanol–water partition coefficient (Wildman–Crippen LogP) is 4.07. The first-order valence-corrected chi connectivity index (χ1v) is 8.02. The summed E-state index contributed by atoms with van der Waals surface area (Å²) < 4.78 is 2.12. The summed E-state index contributed by atoms with van der Waals surface area (Å²) in [5, 5.41) is 5.45. The normalized spacial score (nSPS) is 18.8. The van der Waals surface area contributed by atoms with Gasteiger partial charge in [-0.25, -0.2) is 0 Å². The topological polar surface area (TPSA) is 43.8 Å². The third kappa shape index (κ3) is 3.14. The van der Waals surface area contributed by atoms with E-state index in [9.17, 15) is 0 Å². The van der Waals surface area contributed by atoms with E-state index in [4.69, 9.17) is 22.4 Å². The van der Waals surface area contributed by atoms with E-state index in [1.807, 2.05) is 31.2 Å². The van der Waals surface area contributed by atoms with Crippen molar-refractivity contribution in [3.8, 4) is 0 Å². The molecule has 3 nitrogen and oxygen atoms in total. The van der Waals surface area contributed by atoms with Crippen molar-refractivity contribution in [3.63, 3.8) is 0 Å². The summed E-state index contributed by atoms with van der Waals surface area (Å²) in [5.74, 6) is 0. The molecule has 1 aromatic heterocycles. The molecule has 1 heterocycles. The molecule has 1 aliphatic rings. The number of hydrogen-bond acceptors (Lipinski definition) is 2. The molecule has 2 aromatic rings. The zero-order valence-electron chi connectivity index (χ0n) is 12.4. The maximum Gasteiger partial charge on any atom is 0.0646 e. The van der Waals surface area contributed by atoms with Gasteiger partial charge in [-0.05, 0) is 37.5 Å². The molecule has 1 aliphatic carbocycles. The monoisotopic (exact) mass is 303 g/mol. The van der Waals surface area contributed by atoms with Crippen LogP contribution in [0.1, 0.15) is 49.9 Å². The van der Waals surface area contributed by atoms with Crippen LogP contribution in [-0.2, 0) is 12.0 Å². The highest BCUT2D eigenvalue weighted by Crippen LogP contribution is 2.31. The first-order valence-electron chi connectivity index (χ1n) is 7.64. The molecule has 0 bridgehead atoms. The van der Waals surface area contributed by atoms with E-state index in [0.29, 0.717) is 12.5 Å². The quantitative estimate of drug-likeness (QED) is 0.925. The van der Waals surface area contributed by atoms with E-state index in [1.54, 1.807) is 0 Å². The maximum atomic E-state index is 6.50. The fourth-order valence-electron chi connectivity index (χ4n) is 3.24. The van der Waals surface area contributed by atoms with E-state index < -0.39 is 5.54 Å². The highest BCUT2D eigenvalue weighted by molar-refractivity contribution is 6.31. The summed E-state index contributed by atoms with van der Waals surface area (Å²) in [6.07, 6.45) is 7.89. The summed E-state index contributed by atoms with van der Waals surface area (Å²) in [4.78, 5) is 0. The highest BCUT2D eigenvalue weighted by Gasteiger charge is 2.26. The standard InChI is InChI=1S/C17H22ClN3/c1-17(19,15-8-4-5-9-16(15)18)12-13-10-11-21(20-13)14-6-2-3-7-14/h4-5,8-11,14H,2-3,6-7,12,19H2,1H3. The fourth-order valence-corrected chi connectivity index (χ4v) is 3.59. The van der Waals surface area contributed by atoms with Crippen LogP contribution in [0.5, 0.6) is 0 Å². The van der Waals surface area contributed by atoms with Gasteiger partial charge in [-0.2, -0.15) is 5.10 Å². The summed E-state index contributed by atoms with van der Waals surface area (Å²) >= 11 is 6.28. The largest absolute Gasteiger partial charge is 0.321 e. The number of hydrogen-bond donors (Lipinski definition) is 1. The second-order valence-electron chi connectivity index (χ2n) is 6.30. The summed E-state index contributed by atoms with van der Waals surface area (Å²) in [6.45, 7) is 2.02. The van der Waals surface area contributed by atoms with Gasteiger partial charge in [0.15, 0.2) is 0 Å². The zero-order valence-corrected chi connectivity index (χ0v) is 13.2. The number of aromatic nitrogens is 2. The number of halogens is 1. The Labute approximate surface area is 131 Å². The first-order chi connectivity index (χ1) is 10.1. The van der Waals surface area contributed by atoms with Crippen molar-refractivity contribution in [1.82, 2.24) is 9.78 Å². The lowest BCUT2D eigenvalue weighted by Crippen LogP contribution is -2.36. The molecule has 1 fully saturated rings. The minimum atomic E-state index is -0.507. The molecule has 1 atom stereocenters. The SMILES string of the molecule is CC(N)(Cc1ccn(C2CCCC2)n1)c1ccccc1Cl. The van der Waals surface area contributed by atoms with Crippen LogP contribution in [0.4, 0.5) is 0 Å². The van der Waals surface area contributed by atoms with Crippen LogP contribution < -0.4 is 5.73 Å². The number of nitrogens with zero attached hydrogens (tertiary/aromatic N) is 2. The van der Waals surface area contributed by atoms with Crippen LogP contribution in [0.15, 0.2) is 36.5 Å². The predicted molar refractivity (Wildman–Crippen MR) is 86.4 cm³/mol. The summed E-state index contributed by atoms with van der Waals surface area (Å²) in [6, 6.07) is 10.4.